The summed E-state index contributed by atoms with van der Waals surface area (Å²) < 4.78 is 18.5. The van der Waals surface area contributed by atoms with E-state index in [0.717, 1.165) is 5.56 Å². The number of amides is 2. The lowest BCUT2D eigenvalue weighted by atomic mass is 9.91. The molecule has 1 aliphatic heterocycles. The fourth-order valence-electron chi connectivity index (χ4n) is 3.84. The second-order valence-electron chi connectivity index (χ2n) is 8.10. The molecule has 2 N–H and O–H groups in total. The predicted octanol–water partition coefficient (Wildman–Crippen LogP) is 2.91. The van der Waals surface area contributed by atoms with Crippen molar-refractivity contribution in [3.05, 3.63) is 65.5 Å². The molecule has 8 heteroatoms. The third-order valence-corrected chi connectivity index (χ3v) is 5.44. The van der Waals surface area contributed by atoms with Crippen molar-refractivity contribution >= 4 is 11.8 Å². The molecule has 2 aromatic rings. The smallest absolute Gasteiger partial charge is 0.273 e. The van der Waals surface area contributed by atoms with Gasteiger partial charge in [0.05, 0.1) is 13.2 Å². The summed E-state index contributed by atoms with van der Waals surface area (Å²) in [6, 6.07) is 10.3. The molecule has 2 aromatic carbocycles. The number of methoxy groups -OCH3 is 1. The maximum Gasteiger partial charge on any atom is 0.273 e. The van der Waals surface area contributed by atoms with Gasteiger partial charge in [0.2, 0.25) is 0 Å². The van der Waals surface area contributed by atoms with Gasteiger partial charge >= 0.3 is 0 Å². The summed E-state index contributed by atoms with van der Waals surface area (Å²) in [4.78, 5) is 27.3. The Hall–Kier alpha value is -2.81. The average Bonchev–Trinajstić information content (AvgIpc) is 2.75. The molecule has 0 aromatic heterocycles. The minimum Gasteiger partial charge on any atom is -0.497 e. The molecule has 31 heavy (non-hydrogen) atoms. The highest BCUT2D eigenvalue weighted by Gasteiger charge is 2.49. The Labute approximate surface area is 180 Å². The number of halogens is 1. The van der Waals surface area contributed by atoms with Gasteiger partial charge in [0.15, 0.2) is 0 Å². The Kier molecular flexibility index (Phi) is 7.04. The number of imide groups is 1. The highest BCUT2D eigenvalue weighted by molar-refractivity contribution is 6.01. The molecule has 0 bridgehead atoms. The molecular weight excluding hydrogens is 403 g/mol. The van der Waals surface area contributed by atoms with Crippen molar-refractivity contribution in [2.45, 2.75) is 45.0 Å². The summed E-state index contributed by atoms with van der Waals surface area (Å²) in [5.41, 5.74) is 1.11. The standard InChI is InChI=1S/C23H27FN2O5/c1-14(2)12-19-22(28)26(30)23(29)20(21(27)16-6-8-17(24)9-7-16)25(19)13-15-4-10-18(31-3)11-5-15/h4-11,14,19-21,27,30H,12-13H2,1-3H3/t19-,20-,21+/m0/s1. The Balaban J connectivity index is 2.01. The number of benzene rings is 2. The number of hydrogen-bond donors (Lipinski definition) is 2. The highest BCUT2D eigenvalue weighted by Crippen LogP contribution is 2.32. The first-order valence-electron chi connectivity index (χ1n) is 10.1. The van der Waals surface area contributed by atoms with Gasteiger partial charge in [0.25, 0.3) is 11.8 Å². The summed E-state index contributed by atoms with van der Waals surface area (Å²) in [5, 5.41) is 21.4. The molecule has 0 unspecified atom stereocenters. The summed E-state index contributed by atoms with van der Waals surface area (Å²) in [6.45, 7) is 4.06. The molecule has 3 atom stereocenters. The molecule has 1 aliphatic rings. The van der Waals surface area contributed by atoms with Crippen molar-refractivity contribution < 1.29 is 29.0 Å². The number of carbonyl (C=O) groups excluding carboxylic acids is 2. The number of hydroxylamine groups is 2. The van der Waals surface area contributed by atoms with Gasteiger partial charge in [0.1, 0.15) is 23.7 Å². The van der Waals surface area contributed by atoms with E-state index in [0.29, 0.717) is 17.7 Å². The maximum absolute atomic E-state index is 13.4. The van der Waals surface area contributed by atoms with Crippen molar-refractivity contribution in [2.24, 2.45) is 5.92 Å². The average molecular weight is 430 g/mol. The van der Waals surface area contributed by atoms with Gasteiger partial charge in [-0.1, -0.05) is 38.1 Å². The largest absolute Gasteiger partial charge is 0.497 e. The van der Waals surface area contributed by atoms with E-state index >= 15 is 0 Å². The number of nitrogens with zero attached hydrogens (tertiary/aromatic N) is 2. The van der Waals surface area contributed by atoms with E-state index < -0.39 is 35.8 Å². The molecular formula is C23H27FN2O5. The Bertz CT molecular complexity index is 917. The van der Waals surface area contributed by atoms with Gasteiger partial charge < -0.3 is 9.84 Å². The Morgan fingerprint density at radius 1 is 1.03 bits per heavy atom. The van der Waals surface area contributed by atoms with Gasteiger partial charge in [-0.2, -0.15) is 5.06 Å². The van der Waals surface area contributed by atoms with Crippen LogP contribution in [-0.4, -0.2) is 51.3 Å². The summed E-state index contributed by atoms with van der Waals surface area (Å²) in [7, 11) is 1.56. The lowest BCUT2D eigenvalue weighted by molar-refractivity contribution is -0.202. The van der Waals surface area contributed by atoms with E-state index in [-0.39, 0.29) is 17.5 Å². The number of rotatable bonds is 7. The van der Waals surface area contributed by atoms with Crippen LogP contribution in [0.2, 0.25) is 0 Å². The molecule has 0 radical (unpaired) electrons. The number of piperazine rings is 1. The number of carbonyl (C=O) groups is 2. The number of ether oxygens (including phenoxy) is 1. The normalized spacial score (nSPS) is 20.9. The van der Waals surface area contributed by atoms with Gasteiger partial charge in [0, 0.05) is 6.54 Å². The molecule has 2 amide bonds. The topological polar surface area (TPSA) is 90.3 Å². The van der Waals surface area contributed by atoms with Crippen molar-refractivity contribution in [1.82, 2.24) is 9.96 Å². The molecule has 166 valence electrons. The number of hydrogen-bond acceptors (Lipinski definition) is 6. The molecule has 7 nitrogen and oxygen atoms in total. The summed E-state index contributed by atoms with van der Waals surface area (Å²) in [5.74, 6) is -1.36. The van der Waals surface area contributed by atoms with Crippen LogP contribution in [0.1, 0.15) is 37.5 Å². The third kappa shape index (κ3) is 4.92. The van der Waals surface area contributed by atoms with E-state index in [1.165, 1.54) is 24.3 Å². The SMILES string of the molecule is COc1ccc(CN2[C@@H]([C@H](O)c3ccc(F)cc3)C(=O)N(O)C(=O)[C@@H]2CC(C)C)cc1. The molecule has 3 rings (SSSR count). The van der Waals surface area contributed by atoms with E-state index in [9.17, 15) is 24.3 Å². The molecule has 0 saturated carbocycles. The molecule has 1 saturated heterocycles. The lowest BCUT2D eigenvalue weighted by Crippen LogP contribution is -2.65. The van der Waals surface area contributed by atoms with Crippen LogP contribution in [0.3, 0.4) is 0 Å². The first-order valence-corrected chi connectivity index (χ1v) is 10.1. The van der Waals surface area contributed by atoms with Gasteiger partial charge in [-0.05, 0) is 47.7 Å². The maximum atomic E-state index is 13.4. The van der Waals surface area contributed by atoms with Gasteiger partial charge in [-0.3, -0.25) is 19.7 Å². The van der Waals surface area contributed by atoms with E-state index in [1.54, 1.807) is 24.1 Å². The molecule has 0 aliphatic carbocycles. The highest BCUT2D eigenvalue weighted by atomic mass is 19.1. The van der Waals surface area contributed by atoms with Gasteiger partial charge in [-0.25, -0.2) is 4.39 Å². The number of aliphatic hydroxyl groups is 1. The first-order chi connectivity index (χ1) is 14.7. The van der Waals surface area contributed by atoms with Crippen molar-refractivity contribution in [1.29, 1.82) is 0 Å². The van der Waals surface area contributed by atoms with Crippen LogP contribution in [0.15, 0.2) is 48.5 Å². The second kappa shape index (κ2) is 9.55. The molecule has 1 fully saturated rings. The van der Waals surface area contributed by atoms with E-state index in [1.807, 2.05) is 26.0 Å². The zero-order valence-electron chi connectivity index (χ0n) is 17.7. The quantitative estimate of drug-likeness (QED) is 0.519. The lowest BCUT2D eigenvalue weighted by Gasteiger charge is -2.44. The second-order valence-corrected chi connectivity index (χ2v) is 8.10. The number of aliphatic hydroxyl groups excluding tert-OH is 1. The van der Waals surface area contributed by atoms with Crippen LogP contribution >= 0.6 is 0 Å². The van der Waals surface area contributed by atoms with E-state index in [4.69, 9.17) is 4.74 Å². The predicted molar refractivity (Wildman–Crippen MR) is 111 cm³/mol. The third-order valence-electron chi connectivity index (χ3n) is 5.44. The van der Waals surface area contributed by atoms with Crippen LogP contribution in [0.4, 0.5) is 4.39 Å². The Morgan fingerprint density at radius 3 is 2.19 bits per heavy atom. The fourth-order valence-corrected chi connectivity index (χ4v) is 3.84. The van der Waals surface area contributed by atoms with Crippen molar-refractivity contribution in [2.75, 3.05) is 7.11 Å². The van der Waals surface area contributed by atoms with Crippen LogP contribution in [0.25, 0.3) is 0 Å². The summed E-state index contributed by atoms with van der Waals surface area (Å²) >= 11 is 0. The van der Waals surface area contributed by atoms with Crippen LogP contribution in [0, 0.1) is 11.7 Å². The molecule has 1 heterocycles. The minimum atomic E-state index is -1.37. The monoisotopic (exact) mass is 430 g/mol. The van der Waals surface area contributed by atoms with Crippen LogP contribution < -0.4 is 4.74 Å². The zero-order valence-corrected chi connectivity index (χ0v) is 17.7. The van der Waals surface area contributed by atoms with Crippen LogP contribution in [0.5, 0.6) is 5.75 Å². The van der Waals surface area contributed by atoms with Crippen LogP contribution in [-0.2, 0) is 16.1 Å². The van der Waals surface area contributed by atoms with Gasteiger partial charge in [-0.15, -0.1) is 0 Å². The van der Waals surface area contributed by atoms with E-state index in [2.05, 4.69) is 0 Å². The Morgan fingerprint density at radius 2 is 1.65 bits per heavy atom. The minimum absolute atomic E-state index is 0.0949. The molecule has 0 spiro atoms. The van der Waals surface area contributed by atoms with Crippen molar-refractivity contribution in [3.8, 4) is 5.75 Å². The summed E-state index contributed by atoms with van der Waals surface area (Å²) in [6.07, 6.45) is -0.991. The van der Waals surface area contributed by atoms with Crippen molar-refractivity contribution in [3.63, 3.8) is 0 Å². The first kappa shape index (κ1) is 22.9. The zero-order chi connectivity index (χ0) is 22.7. The fraction of sp³-hybridized carbons (Fsp3) is 0.391.